The first-order chi connectivity index (χ1) is 64.8. The molecule has 18 aromatic carbocycles. The summed E-state index contributed by atoms with van der Waals surface area (Å²) in [5, 5.41) is 28.1. The van der Waals surface area contributed by atoms with Crippen LogP contribution in [0.25, 0.3) is 262 Å². The summed E-state index contributed by atoms with van der Waals surface area (Å²) in [5.41, 5.74) is 21.2. The average Bonchev–Trinajstić information content (AvgIpc) is 1.49. The summed E-state index contributed by atoms with van der Waals surface area (Å²) >= 11 is 7.50. The Labute approximate surface area is 765 Å². The molecule has 30 rings (SSSR count). The van der Waals surface area contributed by atoms with Gasteiger partial charge in [0.25, 0.3) is 0 Å². The molecule has 0 atom stereocenters. The molecule has 0 amide bonds. The highest BCUT2D eigenvalue weighted by Crippen LogP contribution is 2.54. The van der Waals surface area contributed by atoms with Crippen molar-refractivity contribution in [3.05, 3.63) is 412 Å². The zero-order valence-corrected chi connectivity index (χ0v) is 74.1. The van der Waals surface area contributed by atoms with Gasteiger partial charge >= 0.3 is 0 Å². The number of aromatic nitrogens is 6. The van der Waals surface area contributed by atoms with Gasteiger partial charge in [0.15, 0.2) is 0 Å². The molecule has 1 aliphatic rings. The summed E-state index contributed by atoms with van der Waals surface area (Å²) in [5.74, 6) is 2.77. The third-order valence-corrected chi connectivity index (χ3v) is 32.4. The average molecular weight is 1740 g/mol. The fraction of sp³-hybridized carbons (Fsp3) is 0.0250. The zero-order valence-electron chi connectivity index (χ0n) is 70.8. The zero-order chi connectivity index (χ0) is 86.0. The van der Waals surface area contributed by atoms with Gasteiger partial charge in [0.1, 0.15) is 28.6 Å². The van der Waals surface area contributed by atoms with Crippen molar-refractivity contribution in [3.8, 4) is 62.0 Å². The van der Waals surface area contributed by atoms with Gasteiger partial charge in [0.05, 0.1) is 42.5 Å². The number of hydrogen-bond acceptors (Lipinski definition) is 8. The number of para-hydroxylation sites is 4. The number of fused-ring (bicyclic) bond motifs is 38. The van der Waals surface area contributed by atoms with Crippen LogP contribution in [-0.2, 0) is 5.41 Å². The first-order valence-electron chi connectivity index (χ1n) is 44.5. The van der Waals surface area contributed by atoms with Gasteiger partial charge in [-0.2, -0.15) is 0 Å². The molecule has 0 aliphatic heterocycles. The molecule has 612 valence electrons. The number of rotatable bonds is 6. The summed E-state index contributed by atoms with van der Waals surface area (Å²) in [4.78, 5) is 15.4. The van der Waals surface area contributed by atoms with Crippen molar-refractivity contribution in [3.63, 3.8) is 0 Å². The van der Waals surface area contributed by atoms with E-state index in [2.05, 4.69) is 398 Å². The minimum Gasteiger partial charge on any atom is -0.455 e. The molecule has 0 fully saturated rings. The van der Waals surface area contributed by atoms with E-state index < -0.39 is 0 Å². The standard InChI is InChI=1S/C42H28N2S.C39H22N2OS.C39H22N2S2/c1-42(2)34-13-7-5-11-29(34)33-23-26(15-20-35(33)42)27-17-22-38(43-24-27)44-36-21-16-25-9-3-4-10-28(25)39(36)32-19-18-31-30-12-6-8-14-37(30)45-41(31)40(32)44;1-2-12-27-26(11-1)35-29-13-3-6-17-31(29)41(37(35)39-36(27)30-14-5-8-19-33(30)43-39)34-21-20-23(22-40-34)24-15-9-16-28-25-10-4-7-18-32(25)42-38(24)28;1-2-11-28-27(10-1)36-30-13-5-8-16-33(30)43-39(36)37-29-12-3-6-14-31(29)41(38(28)37)35-20-18-24(22-40-35)23-17-19-26-25-9-4-7-15-32(25)42-34(26)21-23/h3-24H,1-2H3;2*1-22H. The highest BCUT2D eigenvalue weighted by atomic mass is 32.1. The van der Waals surface area contributed by atoms with Crippen LogP contribution >= 0.6 is 45.3 Å². The second-order valence-corrected chi connectivity index (χ2v) is 39.3. The van der Waals surface area contributed by atoms with Crippen molar-refractivity contribution < 1.29 is 4.42 Å². The third-order valence-electron chi connectivity index (χ3n) is 27.7. The van der Waals surface area contributed by atoms with Crippen LogP contribution in [0.15, 0.2) is 405 Å². The lowest BCUT2D eigenvalue weighted by molar-refractivity contribution is 0.660. The SMILES string of the molecule is CC1(C)c2ccccc2-c2cc(-c3ccc(-n4c5ccc6ccccc6c5c5ccc6c7ccccc7sc6c54)nc3)ccc21.c1ccc2c(c1)oc1c(-c3ccc(-n4c5ccccc5c5c6ccccc6c6c7ccccc7sc6c54)nc3)cccc12.c1ccc2c(c1)sc1cc(-c3ccc(-n4c5ccccc5c5c6sc7ccccc7c6c6ccccc6c54)nc3)ccc12. The van der Waals surface area contributed by atoms with Crippen LogP contribution in [0.4, 0.5) is 0 Å². The van der Waals surface area contributed by atoms with Crippen LogP contribution in [0.1, 0.15) is 25.0 Å². The molecule has 1 aliphatic carbocycles. The van der Waals surface area contributed by atoms with Crippen molar-refractivity contribution in [2.75, 3.05) is 0 Å². The maximum absolute atomic E-state index is 6.34. The fourth-order valence-corrected chi connectivity index (χ4v) is 26.8. The molecule has 11 aromatic heterocycles. The molecule has 0 bridgehead atoms. The van der Waals surface area contributed by atoms with Crippen molar-refractivity contribution in [2.24, 2.45) is 0 Å². The van der Waals surface area contributed by atoms with E-state index in [9.17, 15) is 0 Å². The van der Waals surface area contributed by atoms with Gasteiger partial charge in [-0.25, -0.2) is 15.0 Å². The molecule has 7 nitrogen and oxygen atoms in total. The van der Waals surface area contributed by atoms with Crippen molar-refractivity contribution in [1.82, 2.24) is 28.7 Å². The molecule has 29 aromatic rings. The fourth-order valence-electron chi connectivity index (χ4n) is 21.8. The van der Waals surface area contributed by atoms with Gasteiger partial charge in [-0.3, -0.25) is 13.7 Å². The molecule has 0 radical (unpaired) electrons. The normalized spacial score (nSPS) is 12.7. The topological polar surface area (TPSA) is 66.6 Å². The van der Waals surface area contributed by atoms with Gasteiger partial charge in [0, 0.05) is 166 Å². The number of thiophene rings is 4. The second kappa shape index (κ2) is 28.6. The highest BCUT2D eigenvalue weighted by Gasteiger charge is 2.36. The number of nitrogens with zero attached hydrogens (tertiary/aromatic N) is 6. The Hall–Kier alpha value is -15.7. The lowest BCUT2D eigenvalue weighted by Crippen LogP contribution is -2.14. The van der Waals surface area contributed by atoms with Gasteiger partial charge < -0.3 is 4.42 Å². The summed E-state index contributed by atoms with van der Waals surface area (Å²) < 4.78 is 24.0. The molecule has 0 unspecified atom stereocenters. The Morgan fingerprint density at radius 1 is 0.237 bits per heavy atom. The van der Waals surface area contributed by atoms with Crippen LogP contribution < -0.4 is 0 Å². The molecule has 0 saturated carbocycles. The van der Waals surface area contributed by atoms with E-state index in [4.69, 9.17) is 19.4 Å². The summed E-state index contributed by atoms with van der Waals surface area (Å²) in [6.07, 6.45) is 6.07. The number of hydrogen-bond donors (Lipinski definition) is 0. The molecular weight excluding hydrogens is 1670 g/mol. The molecule has 131 heavy (non-hydrogen) atoms. The molecule has 11 heterocycles. The minimum absolute atomic E-state index is 0.00516. The minimum atomic E-state index is 0.00516. The quantitative estimate of drug-likeness (QED) is 0.166. The van der Waals surface area contributed by atoms with E-state index in [1.54, 1.807) is 0 Å². The molecular formula is C120H72N6OS4. The smallest absolute Gasteiger partial charge is 0.143 e. The Balaban J connectivity index is 0.0000000986. The van der Waals surface area contributed by atoms with Gasteiger partial charge in [-0.15, -0.1) is 45.3 Å². The van der Waals surface area contributed by atoms with E-state index >= 15 is 0 Å². The van der Waals surface area contributed by atoms with Crippen LogP contribution in [0.2, 0.25) is 0 Å². The van der Waals surface area contributed by atoms with Crippen molar-refractivity contribution >= 4 is 246 Å². The maximum Gasteiger partial charge on any atom is 0.143 e. The largest absolute Gasteiger partial charge is 0.455 e. The Kier molecular flexibility index (Phi) is 16.3. The predicted octanol–water partition coefficient (Wildman–Crippen LogP) is 34.7. The Bertz CT molecular complexity index is 9920. The summed E-state index contributed by atoms with van der Waals surface area (Å²) in [6, 6.07) is 138. The predicted molar refractivity (Wildman–Crippen MR) is 561 cm³/mol. The maximum atomic E-state index is 6.34. The first-order valence-corrected chi connectivity index (χ1v) is 47.8. The third kappa shape index (κ3) is 11.0. The number of pyridine rings is 3. The Morgan fingerprint density at radius 2 is 0.687 bits per heavy atom. The number of benzene rings is 18. The lowest BCUT2D eigenvalue weighted by Gasteiger charge is -2.21. The van der Waals surface area contributed by atoms with E-state index in [0.29, 0.717) is 0 Å². The van der Waals surface area contributed by atoms with Crippen LogP contribution in [0, 0.1) is 0 Å². The van der Waals surface area contributed by atoms with E-state index in [-0.39, 0.29) is 5.41 Å². The summed E-state index contributed by atoms with van der Waals surface area (Å²) in [7, 11) is 0. The monoisotopic (exact) mass is 1740 g/mol. The number of furan rings is 1. The lowest BCUT2D eigenvalue weighted by atomic mass is 9.82. The van der Waals surface area contributed by atoms with Gasteiger partial charge in [0.2, 0.25) is 0 Å². The molecule has 0 saturated heterocycles. The highest BCUT2D eigenvalue weighted by molar-refractivity contribution is 7.28. The van der Waals surface area contributed by atoms with E-state index in [0.717, 1.165) is 67.2 Å². The van der Waals surface area contributed by atoms with Crippen LogP contribution in [-0.4, -0.2) is 28.7 Å². The molecule has 0 spiro atoms. The van der Waals surface area contributed by atoms with Crippen molar-refractivity contribution in [1.29, 1.82) is 0 Å². The van der Waals surface area contributed by atoms with Crippen LogP contribution in [0.3, 0.4) is 0 Å². The van der Waals surface area contributed by atoms with Crippen molar-refractivity contribution in [2.45, 2.75) is 19.3 Å². The van der Waals surface area contributed by atoms with Crippen LogP contribution in [0.5, 0.6) is 0 Å². The van der Waals surface area contributed by atoms with Gasteiger partial charge in [-0.05, 0) is 157 Å². The Morgan fingerprint density at radius 3 is 1.37 bits per heavy atom. The summed E-state index contributed by atoms with van der Waals surface area (Å²) in [6.45, 7) is 4.66. The van der Waals surface area contributed by atoms with E-state index in [1.807, 2.05) is 76.1 Å². The van der Waals surface area contributed by atoms with E-state index in [1.165, 1.54) is 206 Å². The second-order valence-electron chi connectivity index (χ2n) is 35.0. The molecule has 11 heteroatoms. The first kappa shape index (κ1) is 74.4. The van der Waals surface area contributed by atoms with Gasteiger partial charge in [-0.1, -0.05) is 299 Å². The molecule has 0 N–H and O–H groups in total.